The van der Waals surface area contributed by atoms with E-state index in [9.17, 15) is 14.4 Å². The predicted molar refractivity (Wildman–Crippen MR) is 141 cm³/mol. The van der Waals surface area contributed by atoms with Crippen LogP contribution in [-0.2, 0) is 11.3 Å². The maximum atomic E-state index is 13.1. The second-order valence-corrected chi connectivity index (χ2v) is 11.7. The summed E-state index contributed by atoms with van der Waals surface area (Å²) < 4.78 is 13.3. The number of pyridine rings is 1. The van der Waals surface area contributed by atoms with Gasteiger partial charge in [-0.3, -0.25) is 0 Å². The van der Waals surface area contributed by atoms with E-state index < -0.39 is 21.7 Å². The number of primary amides is 1. The number of anilines is 1. The van der Waals surface area contributed by atoms with E-state index in [0.717, 1.165) is 4.35 Å². The van der Waals surface area contributed by atoms with Gasteiger partial charge in [0.25, 0.3) is 0 Å². The molecule has 0 saturated heterocycles. The Hall–Kier alpha value is -4.14. The summed E-state index contributed by atoms with van der Waals surface area (Å²) in [6, 6.07) is 12.5. The van der Waals surface area contributed by atoms with E-state index in [-0.39, 0.29) is 29.5 Å². The van der Waals surface area contributed by atoms with Crippen molar-refractivity contribution in [3.8, 4) is 28.4 Å². The summed E-state index contributed by atoms with van der Waals surface area (Å²) in [6.45, 7) is 1.70. The zero-order valence-electron chi connectivity index (χ0n) is 19.9. The second-order valence-electron chi connectivity index (χ2n) is 8.64. The fourth-order valence-corrected chi connectivity index (χ4v) is 7.06. The van der Waals surface area contributed by atoms with E-state index in [1.165, 1.54) is 19.3 Å². The molecule has 0 saturated carbocycles. The van der Waals surface area contributed by atoms with Crippen molar-refractivity contribution < 1.29 is 23.9 Å². The third kappa shape index (κ3) is 4.02. The van der Waals surface area contributed by atoms with Crippen LogP contribution >= 0.6 is 11.6 Å². The van der Waals surface area contributed by atoms with Crippen LogP contribution in [-0.4, -0.2) is 53.7 Å². The van der Waals surface area contributed by atoms with Crippen LogP contribution in [0.2, 0.25) is 5.02 Å². The van der Waals surface area contributed by atoms with Crippen molar-refractivity contribution in [2.24, 2.45) is 5.73 Å². The SMILES string of the molecule is CC(=O)N1Cc2c(C(N)=O)nn(-c3ccc4c(c3)OCO4)c2-c2cc([AsH]C(=O)c3ccncc3Cl)ccc21. The Bertz CT molecular complexity index is 1670. The average Bonchev–Trinajstić information content (AvgIpc) is 3.52. The van der Waals surface area contributed by atoms with E-state index in [1.807, 2.05) is 18.2 Å². The third-order valence-electron chi connectivity index (χ3n) is 6.33. The molecule has 190 valence electrons. The fourth-order valence-electron chi connectivity index (χ4n) is 4.60. The van der Waals surface area contributed by atoms with Gasteiger partial charge in [0.1, 0.15) is 0 Å². The van der Waals surface area contributed by atoms with Crippen LogP contribution in [0.3, 0.4) is 0 Å². The van der Waals surface area contributed by atoms with Gasteiger partial charge in [0, 0.05) is 0 Å². The molecule has 0 radical (unpaired) electrons. The Kier molecular flexibility index (Phi) is 5.93. The molecule has 1 atom stereocenters. The molecule has 0 fully saturated rings. The minimum atomic E-state index is -1.32. The molecule has 38 heavy (non-hydrogen) atoms. The molecule has 1 unspecified atom stereocenters. The van der Waals surface area contributed by atoms with Crippen molar-refractivity contribution in [1.82, 2.24) is 14.8 Å². The topological polar surface area (TPSA) is 130 Å². The molecule has 10 nitrogen and oxygen atoms in total. The summed E-state index contributed by atoms with van der Waals surface area (Å²) in [5.41, 5.74) is 9.28. The maximum absolute atomic E-state index is 13.1. The first-order valence-corrected chi connectivity index (χ1v) is 13.9. The molecule has 0 spiro atoms. The Labute approximate surface area is 228 Å². The van der Waals surface area contributed by atoms with E-state index in [0.29, 0.717) is 50.3 Å². The zero-order chi connectivity index (χ0) is 26.6. The van der Waals surface area contributed by atoms with Crippen LogP contribution in [0.5, 0.6) is 11.5 Å². The van der Waals surface area contributed by atoms with Crippen molar-refractivity contribution >= 4 is 53.8 Å². The number of fused-ring (bicyclic) bond motifs is 4. The van der Waals surface area contributed by atoms with Gasteiger partial charge in [-0.15, -0.1) is 0 Å². The van der Waals surface area contributed by atoms with Gasteiger partial charge in [-0.1, -0.05) is 0 Å². The molecule has 2 amide bonds. The summed E-state index contributed by atoms with van der Waals surface area (Å²) in [5.74, 6) is 0.245. The Morgan fingerprint density at radius 3 is 2.66 bits per heavy atom. The zero-order valence-corrected chi connectivity index (χ0v) is 22.7. The molecule has 4 aromatic rings. The number of ether oxygens (including phenoxy) is 2. The molecule has 2 aromatic heterocycles. The number of nitrogens with two attached hydrogens (primary N) is 1. The number of rotatable bonds is 5. The molecule has 0 aliphatic carbocycles. The van der Waals surface area contributed by atoms with E-state index in [1.54, 1.807) is 33.8 Å². The van der Waals surface area contributed by atoms with Gasteiger partial charge in [0.15, 0.2) is 0 Å². The number of benzene rings is 2. The van der Waals surface area contributed by atoms with Gasteiger partial charge in [-0.05, 0) is 0 Å². The molecule has 0 bridgehead atoms. The van der Waals surface area contributed by atoms with Gasteiger partial charge in [0.05, 0.1) is 0 Å². The van der Waals surface area contributed by atoms with E-state index in [4.69, 9.17) is 26.8 Å². The number of aromatic nitrogens is 3. The average molecular weight is 592 g/mol. The quantitative estimate of drug-likeness (QED) is 0.352. The first-order valence-electron chi connectivity index (χ1n) is 11.5. The molecule has 12 heteroatoms. The second kappa shape index (κ2) is 9.31. The standard InChI is InChI=1S/C26H19AsClN5O5/c1-13(34)32-11-18-23(26(29)36)31-33(15-3-5-21-22(9-15)38-12-37-21)24(18)17-8-14(2-4-20(17)32)27-25(35)16-6-7-30-10-19(16)28/h2-10,27H,11-12H2,1H3,(H2,29,36). The number of nitrogens with zero attached hydrogens (tertiary/aromatic N) is 4. The molecular weight excluding hydrogens is 573 g/mol. The van der Waals surface area contributed by atoms with Gasteiger partial charge < -0.3 is 0 Å². The van der Waals surface area contributed by atoms with Gasteiger partial charge in [0.2, 0.25) is 0 Å². The van der Waals surface area contributed by atoms with Gasteiger partial charge >= 0.3 is 228 Å². The number of hydrogen-bond donors (Lipinski definition) is 1. The molecule has 6 rings (SSSR count). The normalized spacial score (nSPS) is 13.5. The van der Waals surface area contributed by atoms with Crippen LogP contribution in [0.1, 0.15) is 33.3 Å². The Morgan fingerprint density at radius 2 is 1.89 bits per heavy atom. The van der Waals surface area contributed by atoms with Gasteiger partial charge in [-0.25, -0.2) is 0 Å². The van der Waals surface area contributed by atoms with Crippen LogP contribution in [0.25, 0.3) is 16.9 Å². The first-order chi connectivity index (χ1) is 18.3. The monoisotopic (exact) mass is 591 g/mol. The van der Waals surface area contributed by atoms with Crippen molar-refractivity contribution in [3.05, 3.63) is 76.7 Å². The summed E-state index contributed by atoms with van der Waals surface area (Å²) in [7, 11) is 0. The molecule has 2 aliphatic rings. The van der Waals surface area contributed by atoms with Crippen molar-refractivity contribution in [1.29, 1.82) is 0 Å². The summed E-state index contributed by atoms with van der Waals surface area (Å²) in [4.78, 5) is 43.7. The van der Waals surface area contributed by atoms with Crippen LogP contribution < -0.4 is 24.5 Å². The number of hydrogen-bond acceptors (Lipinski definition) is 7. The van der Waals surface area contributed by atoms with Crippen molar-refractivity contribution in [2.45, 2.75) is 13.5 Å². The number of amides is 2. The Balaban J connectivity index is 1.51. The van der Waals surface area contributed by atoms with E-state index in [2.05, 4.69) is 10.1 Å². The molecule has 2 aliphatic heterocycles. The molecular formula is C26H19AsClN5O5. The Morgan fingerprint density at radius 1 is 1.08 bits per heavy atom. The number of carbonyl (C=O) groups is 3. The number of halogens is 1. The van der Waals surface area contributed by atoms with Gasteiger partial charge in [-0.2, -0.15) is 0 Å². The predicted octanol–water partition coefficient (Wildman–Crippen LogP) is 2.18. The van der Waals surface area contributed by atoms with Crippen molar-refractivity contribution in [3.63, 3.8) is 0 Å². The molecule has 4 heterocycles. The molecule has 2 aromatic carbocycles. The fraction of sp³-hybridized carbons (Fsp3) is 0.115. The molecule has 2 N–H and O–H groups in total. The minimum absolute atomic E-state index is 0.0566. The first kappa shape index (κ1) is 24.2. The summed E-state index contributed by atoms with van der Waals surface area (Å²) in [6.07, 6.45) is 2.98. The van der Waals surface area contributed by atoms with Crippen LogP contribution in [0.4, 0.5) is 5.69 Å². The summed E-state index contributed by atoms with van der Waals surface area (Å²) >= 11 is 4.88. The third-order valence-corrected chi connectivity index (χ3v) is 8.93. The summed E-state index contributed by atoms with van der Waals surface area (Å²) in [5, 5.41) is 4.86. The van der Waals surface area contributed by atoms with Crippen molar-refractivity contribution in [2.75, 3.05) is 11.7 Å². The van der Waals surface area contributed by atoms with Crippen LogP contribution in [0.15, 0.2) is 54.9 Å². The van der Waals surface area contributed by atoms with E-state index >= 15 is 0 Å². The van der Waals surface area contributed by atoms with Crippen LogP contribution in [0, 0.1) is 0 Å². The number of carbonyl (C=O) groups excluding carboxylic acids is 3.